The number of fused-ring (bicyclic) bond motifs is 1. The highest BCUT2D eigenvalue weighted by Crippen LogP contribution is 2.33. The molecule has 2 atom stereocenters. The van der Waals surface area contributed by atoms with Gasteiger partial charge in [-0.05, 0) is 49.2 Å². The summed E-state index contributed by atoms with van der Waals surface area (Å²) in [6.07, 6.45) is 0. The first kappa shape index (κ1) is 21.3. The van der Waals surface area contributed by atoms with Crippen molar-refractivity contribution in [3.63, 3.8) is 0 Å². The fraction of sp³-hybridized carbons (Fsp3) is 0.318. The van der Waals surface area contributed by atoms with E-state index >= 15 is 0 Å². The van der Waals surface area contributed by atoms with Gasteiger partial charge < -0.3 is 14.8 Å². The molecule has 1 N–H and O–H groups in total. The third-order valence-electron chi connectivity index (χ3n) is 5.59. The summed E-state index contributed by atoms with van der Waals surface area (Å²) in [5.41, 5.74) is 2.95. The molecule has 0 aliphatic carbocycles. The molecule has 2 aliphatic heterocycles. The van der Waals surface area contributed by atoms with Crippen molar-refractivity contribution < 1.29 is 23.9 Å². The molecular formula is C22H23N5O5. The zero-order valence-electron chi connectivity index (χ0n) is 18.2. The van der Waals surface area contributed by atoms with Crippen LogP contribution in [0, 0.1) is 13.8 Å². The number of rotatable bonds is 6. The van der Waals surface area contributed by atoms with Gasteiger partial charge in [0.15, 0.2) is 12.1 Å². The van der Waals surface area contributed by atoms with Gasteiger partial charge in [0.1, 0.15) is 18.0 Å². The van der Waals surface area contributed by atoms with Gasteiger partial charge in [0.2, 0.25) is 5.91 Å². The maximum absolute atomic E-state index is 13.1. The van der Waals surface area contributed by atoms with Crippen LogP contribution in [0.5, 0.6) is 11.5 Å². The predicted molar refractivity (Wildman–Crippen MR) is 116 cm³/mol. The largest absolute Gasteiger partial charge is 0.497 e. The van der Waals surface area contributed by atoms with E-state index in [0.717, 1.165) is 16.0 Å². The standard InChI is InChI=1S/C22H23N5O5/c1-12-5-6-14(9-13(12)2)27-21(29)19-20(22(27)30)26(25-24-19)11-18(28)23-16-8-7-15(31-3)10-17(16)32-4/h5-10,19-20H,11H2,1-4H3,(H,23,28)/t19-,20-/m1/s1. The van der Waals surface area contributed by atoms with E-state index < -0.39 is 29.8 Å². The molecule has 10 heteroatoms. The first-order valence-electron chi connectivity index (χ1n) is 9.98. The summed E-state index contributed by atoms with van der Waals surface area (Å²) < 4.78 is 10.4. The quantitative estimate of drug-likeness (QED) is 0.694. The van der Waals surface area contributed by atoms with Gasteiger partial charge in [0, 0.05) is 6.07 Å². The number of carbonyl (C=O) groups is 3. The molecule has 166 valence electrons. The number of aryl methyl sites for hydroxylation is 2. The van der Waals surface area contributed by atoms with E-state index in [1.807, 2.05) is 19.9 Å². The lowest BCUT2D eigenvalue weighted by Crippen LogP contribution is -2.43. The Hall–Kier alpha value is -3.95. The van der Waals surface area contributed by atoms with Gasteiger partial charge in [0.25, 0.3) is 11.8 Å². The zero-order valence-corrected chi connectivity index (χ0v) is 18.2. The summed E-state index contributed by atoms with van der Waals surface area (Å²) in [5.74, 6) is -0.336. The van der Waals surface area contributed by atoms with Crippen molar-refractivity contribution in [3.8, 4) is 11.5 Å². The molecule has 2 heterocycles. The lowest BCUT2D eigenvalue weighted by atomic mass is 10.1. The molecule has 2 aromatic rings. The number of ether oxygens (including phenoxy) is 2. The Morgan fingerprint density at radius 1 is 1.03 bits per heavy atom. The van der Waals surface area contributed by atoms with Crippen LogP contribution in [0.1, 0.15) is 11.1 Å². The number of carbonyl (C=O) groups excluding carboxylic acids is 3. The van der Waals surface area contributed by atoms with Crippen LogP contribution < -0.4 is 19.7 Å². The number of imide groups is 1. The van der Waals surface area contributed by atoms with Crippen LogP contribution >= 0.6 is 0 Å². The minimum atomic E-state index is -0.965. The Labute approximate surface area is 184 Å². The summed E-state index contributed by atoms with van der Waals surface area (Å²) in [4.78, 5) is 39.7. The van der Waals surface area contributed by atoms with Gasteiger partial charge in [-0.25, -0.2) is 4.90 Å². The van der Waals surface area contributed by atoms with Gasteiger partial charge >= 0.3 is 0 Å². The Morgan fingerprint density at radius 2 is 1.81 bits per heavy atom. The number of hydrogen-bond donors (Lipinski definition) is 1. The average molecular weight is 437 g/mol. The van der Waals surface area contributed by atoms with Crippen LogP contribution in [0.25, 0.3) is 0 Å². The highest BCUT2D eigenvalue weighted by Gasteiger charge is 2.55. The maximum atomic E-state index is 13.1. The molecule has 0 radical (unpaired) electrons. The second-order valence-corrected chi connectivity index (χ2v) is 7.59. The van der Waals surface area contributed by atoms with Crippen molar-refractivity contribution in [3.05, 3.63) is 47.5 Å². The van der Waals surface area contributed by atoms with Crippen molar-refractivity contribution in [2.24, 2.45) is 10.3 Å². The van der Waals surface area contributed by atoms with E-state index in [1.54, 1.807) is 30.3 Å². The fourth-order valence-electron chi connectivity index (χ4n) is 3.71. The summed E-state index contributed by atoms with van der Waals surface area (Å²) in [6, 6.07) is 8.43. The van der Waals surface area contributed by atoms with Crippen LogP contribution in [0.4, 0.5) is 11.4 Å². The molecule has 1 saturated heterocycles. The molecule has 2 aliphatic rings. The van der Waals surface area contributed by atoms with E-state index in [9.17, 15) is 14.4 Å². The SMILES string of the molecule is COc1ccc(NC(=O)CN2N=N[C@H]3C(=O)N(c4ccc(C)c(C)c4)C(=O)[C@@H]32)c(OC)c1. The number of methoxy groups -OCH3 is 2. The van der Waals surface area contributed by atoms with E-state index in [4.69, 9.17) is 9.47 Å². The number of anilines is 2. The summed E-state index contributed by atoms with van der Waals surface area (Å²) in [7, 11) is 3.01. The Morgan fingerprint density at radius 3 is 2.50 bits per heavy atom. The number of amides is 3. The first-order chi connectivity index (χ1) is 15.3. The van der Waals surface area contributed by atoms with E-state index in [0.29, 0.717) is 22.9 Å². The molecule has 0 bridgehead atoms. The number of nitrogens with one attached hydrogen (secondary N) is 1. The van der Waals surface area contributed by atoms with Gasteiger partial charge in [-0.15, -0.1) is 0 Å². The maximum Gasteiger partial charge on any atom is 0.263 e. The van der Waals surface area contributed by atoms with Crippen LogP contribution in [0.3, 0.4) is 0 Å². The lowest BCUT2D eigenvalue weighted by molar-refractivity contribution is -0.123. The molecule has 4 rings (SSSR count). The normalized spacial score (nSPS) is 19.4. The molecule has 0 spiro atoms. The van der Waals surface area contributed by atoms with Crippen molar-refractivity contribution >= 4 is 29.1 Å². The van der Waals surface area contributed by atoms with Crippen LogP contribution in [-0.2, 0) is 14.4 Å². The number of nitrogens with zero attached hydrogens (tertiary/aromatic N) is 4. The number of benzene rings is 2. The number of hydrogen-bond acceptors (Lipinski definition) is 8. The molecule has 0 aromatic heterocycles. The fourth-order valence-corrected chi connectivity index (χ4v) is 3.71. The van der Waals surface area contributed by atoms with Gasteiger partial charge in [-0.1, -0.05) is 11.3 Å². The highest BCUT2D eigenvalue weighted by atomic mass is 16.5. The predicted octanol–water partition coefficient (Wildman–Crippen LogP) is 2.25. The smallest absolute Gasteiger partial charge is 0.263 e. The lowest BCUT2D eigenvalue weighted by Gasteiger charge is -2.21. The van der Waals surface area contributed by atoms with Crippen molar-refractivity contribution in [2.75, 3.05) is 31.0 Å². The van der Waals surface area contributed by atoms with Crippen LogP contribution in [0.2, 0.25) is 0 Å². The first-order valence-corrected chi connectivity index (χ1v) is 9.98. The molecule has 10 nitrogen and oxygen atoms in total. The molecule has 0 saturated carbocycles. The van der Waals surface area contributed by atoms with E-state index in [-0.39, 0.29) is 6.54 Å². The van der Waals surface area contributed by atoms with E-state index in [2.05, 4.69) is 15.7 Å². The Kier molecular flexibility index (Phi) is 5.52. The topological polar surface area (TPSA) is 113 Å². The van der Waals surface area contributed by atoms with Crippen molar-refractivity contribution in [1.29, 1.82) is 0 Å². The average Bonchev–Trinajstić information content (AvgIpc) is 3.29. The molecular weight excluding hydrogens is 414 g/mol. The second kappa shape index (κ2) is 8.29. The summed E-state index contributed by atoms with van der Waals surface area (Å²) in [5, 5.41) is 11.8. The highest BCUT2D eigenvalue weighted by molar-refractivity contribution is 6.25. The molecule has 2 aromatic carbocycles. The summed E-state index contributed by atoms with van der Waals surface area (Å²) in [6.45, 7) is 3.61. The minimum absolute atomic E-state index is 0.250. The Balaban J connectivity index is 1.49. The molecule has 1 fully saturated rings. The zero-order chi connectivity index (χ0) is 23.0. The van der Waals surface area contributed by atoms with Crippen molar-refractivity contribution in [1.82, 2.24) is 5.01 Å². The summed E-state index contributed by atoms with van der Waals surface area (Å²) >= 11 is 0. The molecule has 3 amide bonds. The minimum Gasteiger partial charge on any atom is -0.497 e. The van der Waals surface area contributed by atoms with Crippen LogP contribution in [0.15, 0.2) is 46.7 Å². The van der Waals surface area contributed by atoms with Gasteiger partial charge in [-0.3, -0.25) is 19.4 Å². The third-order valence-corrected chi connectivity index (χ3v) is 5.59. The molecule has 32 heavy (non-hydrogen) atoms. The Bertz CT molecular complexity index is 1130. The van der Waals surface area contributed by atoms with Gasteiger partial charge in [-0.2, -0.15) is 5.11 Å². The monoisotopic (exact) mass is 437 g/mol. The molecule has 0 unspecified atom stereocenters. The van der Waals surface area contributed by atoms with Crippen molar-refractivity contribution in [2.45, 2.75) is 25.9 Å². The van der Waals surface area contributed by atoms with E-state index in [1.165, 1.54) is 19.2 Å². The van der Waals surface area contributed by atoms with Gasteiger partial charge in [0.05, 0.1) is 25.6 Å². The second-order valence-electron chi connectivity index (χ2n) is 7.59. The van der Waals surface area contributed by atoms with Crippen LogP contribution in [-0.4, -0.2) is 55.6 Å². The third kappa shape index (κ3) is 3.64.